The zero-order valence-electron chi connectivity index (χ0n) is 10.8. The van der Waals surface area contributed by atoms with Crippen LogP contribution in [0.3, 0.4) is 0 Å². The average Bonchev–Trinajstić information content (AvgIpc) is 2.77. The second kappa shape index (κ2) is 8.33. The second-order valence-electron chi connectivity index (χ2n) is 2.99. The Hall–Kier alpha value is -0.990. The number of aromatic nitrogens is 2. The molecule has 0 amide bonds. The Labute approximate surface area is 93.7 Å². The van der Waals surface area contributed by atoms with E-state index >= 15 is 0 Å². The van der Waals surface area contributed by atoms with Crippen LogP contribution in [0.5, 0.6) is 0 Å². The van der Waals surface area contributed by atoms with Crippen LogP contribution in [0.15, 0.2) is 0 Å². The zero-order valence-corrected chi connectivity index (χ0v) is 10.8. The van der Waals surface area contributed by atoms with Crippen LogP contribution in [0.1, 0.15) is 51.8 Å². The normalized spacial score (nSPS) is 12.6. The van der Waals surface area contributed by atoms with E-state index in [0.29, 0.717) is 0 Å². The molecule has 0 aromatic carbocycles. The number of H-pyrrole nitrogens is 1. The Morgan fingerprint density at radius 3 is 2.27 bits per heavy atom. The highest BCUT2D eigenvalue weighted by atomic mass is 15.2. The van der Waals surface area contributed by atoms with Crippen molar-refractivity contribution in [3.8, 4) is 0 Å². The molecule has 0 fully saturated rings. The largest absolute Gasteiger partial charge is 0.371 e. The quantitative estimate of drug-likeness (QED) is 0.747. The summed E-state index contributed by atoms with van der Waals surface area (Å²) < 4.78 is 0. The number of nitrogens with zero attached hydrogens (tertiary/aromatic N) is 1. The molecule has 1 aromatic rings. The van der Waals surface area contributed by atoms with Gasteiger partial charge in [-0.15, -0.1) is 0 Å². The van der Waals surface area contributed by atoms with Gasteiger partial charge in [-0.3, -0.25) is 5.10 Å². The Morgan fingerprint density at radius 2 is 1.67 bits per heavy atom. The van der Waals surface area contributed by atoms with Crippen LogP contribution in [0, 0.1) is 0 Å². The third-order valence-electron chi connectivity index (χ3n) is 2.29. The maximum atomic E-state index is 4.18. The molecule has 2 rings (SSSR count). The molecule has 0 saturated carbocycles. The standard InChI is InChI=1S/C8H13N3.2C2H6/c1-9-8-6-4-2-3-5-7(6)10-11-8;2*1-2/h2-5H2,1H3,(H2,9,10,11);2*1-2H3. The molecule has 0 spiro atoms. The summed E-state index contributed by atoms with van der Waals surface area (Å²) in [5, 5.41) is 10.3. The minimum absolute atomic E-state index is 1.04. The van der Waals surface area contributed by atoms with Gasteiger partial charge in [0, 0.05) is 18.3 Å². The molecule has 0 bridgehead atoms. The van der Waals surface area contributed by atoms with Gasteiger partial charge >= 0.3 is 0 Å². The molecule has 1 aliphatic carbocycles. The Kier molecular flexibility index (Phi) is 7.78. The molecular formula is C12H25N3. The minimum Gasteiger partial charge on any atom is -0.371 e. The predicted octanol–water partition coefficient (Wildman–Crippen LogP) is 3.38. The molecule has 2 N–H and O–H groups in total. The lowest BCUT2D eigenvalue weighted by Crippen LogP contribution is -2.02. The van der Waals surface area contributed by atoms with Gasteiger partial charge < -0.3 is 5.32 Å². The van der Waals surface area contributed by atoms with Crippen molar-refractivity contribution in [2.45, 2.75) is 53.4 Å². The van der Waals surface area contributed by atoms with E-state index in [9.17, 15) is 0 Å². The van der Waals surface area contributed by atoms with Crippen molar-refractivity contribution < 1.29 is 0 Å². The Morgan fingerprint density at radius 1 is 1.07 bits per heavy atom. The van der Waals surface area contributed by atoms with Crippen molar-refractivity contribution in [3.63, 3.8) is 0 Å². The summed E-state index contributed by atoms with van der Waals surface area (Å²) in [6.07, 6.45) is 4.96. The van der Waals surface area contributed by atoms with E-state index in [4.69, 9.17) is 0 Å². The van der Waals surface area contributed by atoms with Gasteiger partial charge in [0.05, 0.1) is 0 Å². The number of rotatable bonds is 1. The molecule has 0 unspecified atom stereocenters. The van der Waals surface area contributed by atoms with Crippen LogP contribution >= 0.6 is 0 Å². The lowest BCUT2D eigenvalue weighted by atomic mass is 9.98. The zero-order chi connectivity index (χ0) is 11.7. The van der Waals surface area contributed by atoms with Crippen LogP contribution in [0.4, 0.5) is 5.82 Å². The summed E-state index contributed by atoms with van der Waals surface area (Å²) >= 11 is 0. The van der Waals surface area contributed by atoms with Crippen molar-refractivity contribution in [1.29, 1.82) is 0 Å². The van der Waals surface area contributed by atoms with Crippen molar-refractivity contribution in [1.82, 2.24) is 10.2 Å². The summed E-state index contributed by atoms with van der Waals surface area (Å²) in [5.74, 6) is 1.04. The van der Waals surface area contributed by atoms with Gasteiger partial charge in [0.2, 0.25) is 0 Å². The number of aryl methyl sites for hydroxylation is 1. The summed E-state index contributed by atoms with van der Waals surface area (Å²) in [6, 6.07) is 0. The van der Waals surface area contributed by atoms with Crippen molar-refractivity contribution in [2.75, 3.05) is 12.4 Å². The monoisotopic (exact) mass is 211 g/mol. The lowest BCUT2D eigenvalue weighted by molar-refractivity contribution is 0.675. The van der Waals surface area contributed by atoms with Crippen molar-refractivity contribution >= 4 is 5.82 Å². The highest BCUT2D eigenvalue weighted by Crippen LogP contribution is 2.24. The van der Waals surface area contributed by atoms with Gasteiger partial charge in [0.1, 0.15) is 0 Å². The van der Waals surface area contributed by atoms with Crippen molar-refractivity contribution in [3.05, 3.63) is 11.3 Å². The first-order valence-corrected chi connectivity index (χ1v) is 6.15. The van der Waals surface area contributed by atoms with Crippen LogP contribution in [0.2, 0.25) is 0 Å². The highest BCUT2D eigenvalue weighted by molar-refractivity contribution is 5.46. The third-order valence-corrected chi connectivity index (χ3v) is 2.29. The molecule has 15 heavy (non-hydrogen) atoms. The fourth-order valence-electron chi connectivity index (χ4n) is 1.69. The summed E-state index contributed by atoms with van der Waals surface area (Å²) in [7, 11) is 1.92. The molecule has 1 heterocycles. The van der Waals surface area contributed by atoms with Gasteiger partial charge in [-0.2, -0.15) is 5.10 Å². The van der Waals surface area contributed by atoms with E-state index in [1.165, 1.54) is 36.9 Å². The van der Waals surface area contributed by atoms with Gasteiger partial charge in [0.15, 0.2) is 5.82 Å². The molecule has 3 heteroatoms. The first-order chi connectivity index (χ1) is 7.42. The van der Waals surface area contributed by atoms with E-state index in [0.717, 1.165) is 5.82 Å². The fraction of sp³-hybridized carbons (Fsp3) is 0.750. The molecule has 1 aromatic heterocycles. The van der Waals surface area contributed by atoms with Crippen LogP contribution in [-0.4, -0.2) is 17.2 Å². The predicted molar refractivity (Wildman–Crippen MR) is 67.5 cm³/mol. The molecule has 0 radical (unpaired) electrons. The van der Waals surface area contributed by atoms with Crippen LogP contribution in [0.25, 0.3) is 0 Å². The number of aromatic amines is 1. The minimum atomic E-state index is 1.04. The SMILES string of the molecule is CC.CC.CNc1n[nH]c2c1CCCC2. The molecule has 0 aliphatic heterocycles. The number of anilines is 1. The molecule has 1 aliphatic rings. The van der Waals surface area contributed by atoms with Crippen LogP contribution in [-0.2, 0) is 12.8 Å². The topological polar surface area (TPSA) is 40.7 Å². The first-order valence-electron chi connectivity index (χ1n) is 6.15. The van der Waals surface area contributed by atoms with Crippen LogP contribution < -0.4 is 5.32 Å². The second-order valence-corrected chi connectivity index (χ2v) is 2.99. The maximum Gasteiger partial charge on any atom is 0.151 e. The van der Waals surface area contributed by atoms with E-state index in [-0.39, 0.29) is 0 Å². The number of nitrogens with one attached hydrogen (secondary N) is 2. The maximum absolute atomic E-state index is 4.18. The van der Waals surface area contributed by atoms with Gasteiger partial charge in [-0.05, 0) is 25.7 Å². The molecule has 0 atom stereocenters. The molecule has 0 saturated heterocycles. The average molecular weight is 211 g/mol. The smallest absolute Gasteiger partial charge is 0.151 e. The number of hydrogen-bond donors (Lipinski definition) is 2. The Balaban J connectivity index is 0.000000442. The third kappa shape index (κ3) is 3.57. The van der Waals surface area contributed by atoms with Gasteiger partial charge in [-0.25, -0.2) is 0 Å². The van der Waals surface area contributed by atoms with E-state index in [2.05, 4.69) is 15.5 Å². The molecule has 88 valence electrons. The summed E-state index contributed by atoms with van der Waals surface area (Å²) in [5.41, 5.74) is 2.74. The Bertz CT molecular complexity index is 240. The first kappa shape index (κ1) is 14.0. The van der Waals surface area contributed by atoms with E-state index < -0.39 is 0 Å². The highest BCUT2D eigenvalue weighted by Gasteiger charge is 2.14. The summed E-state index contributed by atoms with van der Waals surface area (Å²) in [4.78, 5) is 0. The van der Waals surface area contributed by atoms with E-state index in [1.807, 2.05) is 34.7 Å². The fourth-order valence-corrected chi connectivity index (χ4v) is 1.69. The number of fused-ring (bicyclic) bond motifs is 1. The van der Waals surface area contributed by atoms with Gasteiger partial charge in [-0.1, -0.05) is 27.7 Å². The molecule has 3 nitrogen and oxygen atoms in total. The van der Waals surface area contributed by atoms with E-state index in [1.54, 1.807) is 0 Å². The molecular weight excluding hydrogens is 186 g/mol. The number of hydrogen-bond acceptors (Lipinski definition) is 2. The van der Waals surface area contributed by atoms with Crippen molar-refractivity contribution in [2.24, 2.45) is 0 Å². The van der Waals surface area contributed by atoms with Gasteiger partial charge in [0.25, 0.3) is 0 Å². The summed E-state index contributed by atoms with van der Waals surface area (Å²) in [6.45, 7) is 8.00. The lowest BCUT2D eigenvalue weighted by Gasteiger charge is -2.10.